The van der Waals surface area contributed by atoms with E-state index in [9.17, 15) is 0 Å². The first-order valence-corrected chi connectivity index (χ1v) is 7.89. The lowest BCUT2D eigenvalue weighted by atomic mass is 9.85. The van der Waals surface area contributed by atoms with Crippen LogP contribution in [0.2, 0.25) is 0 Å². The molecule has 1 aromatic rings. The lowest BCUT2D eigenvalue weighted by molar-refractivity contribution is 0.160. The summed E-state index contributed by atoms with van der Waals surface area (Å²) >= 11 is 0. The standard InChI is InChI=1S/C17H28N2O/c1-3-11-20-15-8-6-7-14(12-15)16(13-18)17-9-4-5-10-19(17)2/h6-8,12,16-17H,3-5,9-11,13,18H2,1-2H3. The van der Waals surface area contributed by atoms with Gasteiger partial charge in [-0.3, -0.25) is 0 Å². The number of piperidine rings is 1. The quantitative estimate of drug-likeness (QED) is 0.868. The van der Waals surface area contributed by atoms with Crippen LogP contribution in [0.3, 0.4) is 0 Å². The fourth-order valence-electron chi connectivity index (χ4n) is 3.18. The summed E-state index contributed by atoms with van der Waals surface area (Å²) in [5.74, 6) is 1.38. The number of nitrogens with two attached hydrogens (primary N) is 1. The van der Waals surface area contributed by atoms with Crippen LogP contribution in [-0.2, 0) is 0 Å². The van der Waals surface area contributed by atoms with E-state index < -0.39 is 0 Å². The highest BCUT2D eigenvalue weighted by molar-refractivity contribution is 5.32. The Balaban J connectivity index is 2.13. The van der Waals surface area contributed by atoms with Gasteiger partial charge in [0.2, 0.25) is 0 Å². The van der Waals surface area contributed by atoms with Gasteiger partial charge >= 0.3 is 0 Å². The van der Waals surface area contributed by atoms with Crippen LogP contribution in [0, 0.1) is 0 Å². The molecule has 2 rings (SSSR count). The minimum absolute atomic E-state index is 0.408. The average molecular weight is 276 g/mol. The summed E-state index contributed by atoms with van der Waals surface area (Å²) in [6.45, 7) is 4.79. The number of rotatable bonds is 6. The van der Waals surface area contributed by atoms with Crippen LogP contribution in [0.1, 0.15) is 44.1 Å². The predicted octanol–water partition coefficient (Wildman–Crippen LogP) is 3.00. The Bertz CT molecular complexity index is 408. The monoisotopic (exact) mass is 276 g/mol. The molecule has 1 aliphatic heterocycles. The normalized spacial score (nSPS) is 21.6. The Hall–Kier alpha value is -1.06. The molecule has 0 saturated carbocycles. The van der Waals surface area contributed by atoms with Gasteiger partial charge in [-0.1, -0.05) is 25.5 Å². The van der Waals surface area contributed by atoms with Crippen LogP contribution in [0.5, 0.6) is 5.75 Å². The van der Waals surface area contributed by atoms with Crippen molar-refractivity contribution in [2.75, 3.05) is 26.7 Å². The zero-order chi connectivity index (χ0) is 14.4. The fraction of sp³-hybridized carbons (Fsp3) is 0.647. The Morgan fingerprint density at radius 2 is 2.25 bits per heavy atom. The van der Waals surface area contributed by atoms with Crippen molar-refractivity contribution in [2.45, 2.75) is 44.6 Å². The predicted molar refractivity (Wildman–Crippen MR) is 84.3 cm³/mol. The summed E-state index contributed by atoms with van der Waals surface area (Å²) in [4.78, 5) is 2.47. The van der Waals surface area contributed by atoms with Gasteiger partial charge in [-0.25, -0.2) is 0 Å². The van der Waals surface area contributed by atoms with Gasteiger partial charge in [-0.05, 0) is 50.6 Å². The summed E-state index contributed by atoms with van der Waals surface area (Å²) in [6.07, 6.45) is 4.91. The first-order valence-electron chi connectivity index (χ1n) is 7.89. The van der Waals surface area contributed by atoms with Crippen LogP contribution < -0.4 is 10.5 Å². The van der Waals surface area contributed by atoms with Crippen molar-refractivity contribution in [3.8, 4) is 5.75 Å². The SMILES string of the molecule is CCCOc1cccc(C(CN)C2CCCCN2C)c1. The first-order chi connectivity index (χ1) is 9.76. The zero-order valence-corrected chi connectivity index (χ0v) is 12.8. The van der Waals surface area contributed by atoms with E-state index in [4.69, 9.17) is 10.5 Å². The third-order valence-electron chi connectivity index (χ3n) is 4.30. The molecule has 2 atom stereocenters. The second-order valence-electron chi connectivity index (χ2n) is 5.81. The number of likely N-dealkylation sites (N-methyl/N-ethyl adjacent to an activating group) is 1. The number of hydrogen-bond acceptors (Lipinski definition) is 3. The van der Waals surface area contributed by atoms with Crippen molar-refractivity contribution in [3.05, 3.63) is 29.8 Å². The van der Waals surface area contributed by atoms with E-state index in [2.05, 4.69) is 37.1 Å². The van der Waals surface area contributed by atoms with Crippen molar-refractivity contribution >= 4 is 0 Å². The maximum Gasteiger partial charge on any atom is 0.119 e. The molecule has 1 fully saturated rings. The molecule has 0 amide bonds. The third-order valence-corrected chi connectivity index (χ3v) is 4.30. The Kier molecular flexibility index (Phi) is 5.86. The van der Waals surface area contributed by atoms with Gasteiger partial charge < -0.3 is 15.4 Å². The van der Waals surface area contributed by atoms with Crippen LogP contribution >= 0.6 is 0 Å². The molecule has 0 spiro atoms. The molecule has 20 heavy (non-hydrogen) atoms. The van der Waals surface area contributed by atoms with Gasteiger partial charge in [-0.2, -0.15) is 0 Å². The minimum Gasteiger partial charge on any atom is -0.494 e. The van der Waals surface area contributed by atoms with E-state index in [1.807, 2.05) is 6.07 Å². The van der Waals surface area contributed by atoms with Crippen LogP contribution in [-0.4, -0.2) is 37.7 Å². The summed E-state index contributed by atoms with van der Waals surface area (Å²) in [5.41, 5.74) is 7.40. The van der Waals surface area contributed by atoms with Crippen LogP contribution in [0.15, 0.2) is 24.3 Å². The first kappa shape index (κ1) is 15.3. The van der Waals surface area contributed by atoms with Crippen molar-refractivity contribution in [1.82, 2.24) is 4.90 Å². The van der Waals surface area contributed by atoms with Gasteiger partial charge in [0.05, 0.1) is 6.61 Å². The molecule has 0 radical (unpaired) electrons. The number of nitrogens with zero attached hydrogens (tertiary/aromatic N) is 1. The van der Waals surface area contributed by atoms with Crippen molar-refractivity contribution in [2.24, 2.45) is 5.73 Å². The maximum atomic E-state index is 6.08. The molecule has 1 heterocycles. The van der Waals surface area contributed by atoms with E-state index in [0.717, 1.165) is 18.8 Å². The number of ether oxygens (including phenoxy) is 1. The minimum atomic E-state index is 0.408. The zero-order valence-electron chi connectivity index (χ0n) is 12.8. The number of likely N-dealkylation sites (tertiary alicyclic amines) is 1. The molecule has 3 heteroatoms. The van der Waals surface area contributed by atoms with Gasteiger partial charge in [0.1, 0.15) is 5.75 Å². The molecule has 112 valence electrons. The summed E-state index contributed by atoms with van der Waals surface area (Å²) in [6, 6.07) is 9.06. The van der Waals surface area contributed by atoms with Crippen LogP contribution in [0.25, 0.3) is 0 Å². The smallest absolute Gasteiger partial charge is 0.119 e. The molecular weight excluding hydrogens is 248 g/mol. The Morgan fingerprint density at radius 3 is 2.95 bits per heavy atom. The van der Waals surface area contributed by atoms with Crippen molar-refractivity contribution in [3.63, 3.8) is 0 Å². The highest BCUT2D eigenvalue weighted by Gasteiger charge is 2.27. The number of hydrogen-bond donors (Lipinski definition) is 1. The molecule has 0 aliphatic carbocycles. The van der Waals surface area contributed by atoms with E-state index in [1.165, 1.54) is 31.4 Å². The topological polar surface area (TPSA) is 38.5 Å². The third kappa shape index (κ3) is 3.74. The van der Waals surface area contributed by atoms with Gasteiger partial charge in [0.15, 0.2) is 0 Å². The molecule has 0 bridgehead atoms. The molecule has 1 saturated heterocycles. The van der Waals surface area contributed by atoms with Gasteiger partial charge in [-0.15, -0.1) is 0 Å². The van der Waals surface area contributed by atoms with Crippen molar-refractivity contribution in [1.29, 1.82) is 0 Å². The molecule has 0 aromatic heterocycles. The van der Waals surface area contributed by atoms with E-state index in [0.29, 0.717) is 18.5 Å². The lowest BCUT2D eigenvalue weighted by Gasteiger charge is -2.38. The van der Waals surface area contributed by atoms with Crippen LogP contribution in [0.4, 0.5) is 0 Å². The van der Waals surface area contributed by atoms with Gasteiger partial charge in [0, 0.05) is 18.5 Å². The Labute approximate surface area is 123 Å². The second-order valence-corrected chi connectivity index (χ2v) is 5.81. The van der Waals surface area contributed by atoms with E-state index in [1.54, 1.807) is 0 Å². The molecule has 2 unspecified atom stereocenters. The molecule has 1 aliphatic rings. The molecule has 1 aromatic carbocycles. The summed E-state index contributed by atoms with van der Waals surface area (Å²) < 4.78 is 5.75. The highest BCUT2D eigenvalue weighted by atomic mass is 16.5. The van der Waals surface area contributed by atoms with Crippen molar-refractivity contribution < 1.29 is 4.74 Å². The second kappa shape index (κ2) is 7.65. The molecule has 2 N–H and O–H groups in total. The van der Waals surface area contributed by atoms with E-state index in [-0.39, 0.29) is 0 Å². The molecular formula is C17H28N2O. The fourth-order valence-corrected chi connectivity index (χ4v) is 3.18. The highest BCUT2D eigenvalue weighted by Crippen LogP contribution is 2.30. The molecule has 3 nitrogen and oxygen atoms in total. The van der Waals surface area contributed by atoms with Gasteiger partial charge in [0.25, 0.3) is 0 Å². The van der Waals surface area contributed by atoms with E-state index >= 15 is 0 Å². The summed E-state index contributed by atoms with van der Waals surface area (Å²) in [5, 5.41) is 0. The maximum absolute atomic E-state index is 6.08. The number of benzene rings is 1. The lowest BCUT2D eigenvalue weighted by Crippen LogP contribution is -2.42. The summed E-state index contributed by atoms with van der Waals surface area (Å²) in [7, 11) is 2.23. The average Bonchev–Trinajstić information content (AvgIpc) is 2.48. The Morgan fingerprint density at radius 1 is 1.40 bits per heavy atom. The largest absolute Gasteiger partial charge is 0.494 e.